The number of benzene rings is 1. The Morgan fingerprint density at radius 2 is 2.23 bits per heavy atom. The quantitative estimate of drug-likeness (QED) is 0.842. The van der Waals surface area contributed by atoms with E-state index in [-0.39, 0.29) is 21.5 Å². The molecule has 0 unspecified atom stereocenters. The molecule has 1 rings (SSSR count). The minimum absolute atomic E-state index is 0.0645. The Kier molecular flexibility index (Phi) is 3.11. The van der Waals surface area contributed by atoms with Gasteiger partial charge in [0.25, 0.3) is 0 Å². The smallest absolute Gasteiger partial charge is 0.175 e. The first-order valence-electron chi connectivity index (χ1n) is 3.46. The van der Waals surface area contributed by atoms with Crippen molar-refractivity contribution in [2.24, 2.45) is 0 Å². The fourth-order valence-corrected chi connectivity index (χ4v) is 1.65. The van der Waals surface area contributed by atoms with E-state index in [2.05, 4.69) is 15.9 Å². The molecule has 1 aromatic rings. The first-order valence-corrected chi connectivity index (χ1v) is 4.25. The van der Waals surface area contributed by atoms with Gasteiger partial charge in [-0.1, -0.05) is 0 Å². The molecule has 5 heteroatoms. The molecule has 0 atom stereocenters. The van der Waals surface area contributed by atoms with Gasteiger partial charge < -0.3 is 14.9 Å². The molecule has 2 N–H and O–H groups in total. The molecule has 0 saturated heterocycles. The van der Waals surface area contributed by atoms with Crippen LogP contribution in [0.3, 0.4) is 0 Å². The number of halogens is 2. The lowest BCUT2D eigenvalue weighted by Crippen LogP contribution is -1.95. The van der Waals surface area contributed by atoms with Gasteiger partial charge in [0.2, 0.25) is 0 Å². The van der Waals surface area contributed by atoms with Crippen LogP contribution in [0.1, 0.15) is 5.56 Å². The van der Waals surface area contributed by atoms with Crippen LogP contribution >= 0.6 is 15.9 Å². The maximum atomic E-state index is 13.0. The van der Waals surface area contributed by atoms with E-state index in [1.807, 2.05) is 0 Å². The summed E-state index contributed by atoms with van der Waals surface area (Å²) in [7, 11) is 1.35. The largest absolute Gasteiger partial charge is 0.504 e. The summed E-state index contributed by atoms with van der Waals surface area (Å²) < 4.78 is 18.1. The Labute approximate surface area is 82.9 Å². The van der Waals surface area contributed by atoms with E-state index >= 15 is 0 Å². The number of methoxy groups -OCH3 is 1. The normalized spacial score (nSPS) is 10.2. The van der Waals surface area contributed by atoms with E-state index in [1.54, 1.807) is 0 Å². The standard InChI is InChI=1S/C8H8BrFO3/c1-13-8-6(12)2-5(10)4(3-11)7(8)9/h2,11-12H,3H2,1H3. The Morgan fingerprint density at radius 1 is 1.62 bits per heavy atom. The molecular formula is C8H8BrFO3. The van der Waals surface area contributed by atoms with Crippen molar-refractivity contribution < 1.29 is 19.3 Å². The molecule has 0 aliphatic carbocycles. The third-order valence-corrected chi connectivity index (χ3v) is 2.45. The van der Waals surface area contributed by atoms with E-state index in [0.29, 0.717) is 0 Å². The zero-order valence-electron chi connectivity index (χ0n) is 6.84. The minimum atomic E-state index is -0.673. The fourth-order valence-electron chi connectivity index (χ4n) is 0.966. The molecule has 0 fully saturated rings. The van der Waals surface area contributed by atoms with E-state index < -0.39 is 12.4 Å². The highest BCUT2D eigenvalue weighted by Crippen LogP contribution is 2.38. The number of aliphatic hydroxyl groups excluding tert-OH is 1. The molecule has 0 heterocycles. The Balaban J connectivity index is 3.39. The van der Waals surface area contributed by atoms with Gasteiger partial charge in [-0.3, -0.25) is 0 Å². The van der Waals surface area contributed by atoms with Crippen molar-refractivity contribution in [1.29, 1.82) is 0 Å². The molecule has 3 nitrogen and oxygen atoms in total. The summed E-state index contributed by atoms with van der Waals surface area (Å²) in [6.07, 6.45) is 0. The SMILES string of the molecule is COc1c(O)cc(F)c(CO)c1Br. The maximum absolute atomic E-state index is 13.0. The summed E-state index contributed by atoms with van der Waals surface area (Å²) in [5.41, 5.74) is 0.0645. The van der Waals surface area contributed by atoms with Gasteiger partial charge in [-0.15, -0.1) is 0 Å². The Hall–Kier alpha value is -0.810. The molecule has 0 saturated carbocycles. The average Bonchev–Trinajstić information content (AvgIpc) is 2.04. The summed E-state index contributed by atoms with van der Waals surface area (Å²) in [5.74, 6) is -0.859. The van der Waals surface area contributed by atoms with Crippen molar-refractivity contribution in [3.8, 4) is 11.5 Å². The van der Waals surface area contributed by atoms with Crippen molar-refractivity contribution in [3.63, 3.8) is 0 Å². The molecule has 0 radical (unpaired) electrons. The van der Waals surface area contributed by atoms with Crippen molar-refractivity contribution in [2.45, 2.75) is 6.61 Å². The first kappa shape index (κ1) is 10.3. The van der Waals surface area contributed by atoms with Crippen molar-refractivity contribution in [2.75, 3.05) is 7.11 Å². The number of aliphatic hydroxyl groups is 1. The highest BCUT2D eigenvalue weighted by atomic mass is 79.9. The van der Waals surface area contributed by atoms with E-state index in [9.17, 15) is 9.50 Å². The maximum Gasteiger partial charge on any atom is 0.175 e. The molecule has 0 aromatic heterocycles. The molecular weight excluding hydrogens is 243 g/mol. The second kappa shape index (κ2) is 3.93. The molecule has 1 aromatic carbocycles. The third-order valence-electron chi connectivity index (χ3n) is 1.61. The van der Waals surface area contributed by atoms with Crippen LogP contribution in [-0.2, 0) is 6.61 Å². The molecule has 72 valence electrons. The topological polar surface area (TPSA) is 49.7 Å². The zero-order chi connectivity index (χ0) is 10.0. The third kappa shape index (κ3) is 1.76. The summed E-state index contributed by atoms with van der Waals surface area (Å²) in [5, 5.41) is 18.0. The molecule has 0 aliphatic rings. The fraction of sp³-hybridized carbons (Fsp3) is 0.250. The number of phenols is 1. The minimum Gasteiger partial charge on any atom is -0.504 e. The lowest BCUT2D eigenvalue weighted by Gasteiger charge is -2.09. The predicted molar refractivity (Wildman–Crippen MR) is 48.2 cm³/mol. The van der Waals surface area contributed by atoms with Gasteiger partial charge in [-0.2, -0.15) is 0 Å². The number of hydrogen-bond acceptors (Lipinski definition) is 3. The number of ether oxygens (including phenoxy) is 1. The molecule has 0 aliphatic heterocycles. The van der Waals surface area contributed by atoms with Crippen molar-refractivity contribution >= 4 is 15.9 Å². The van der Waals surface area contributed by atoms with Gasteiger partial charge in [0.05, 0.1) is 18.2 Å². The van der Waals surface area contributed by atoms with Crippen molar-refractivity contribution in [3.05, 3.63) is 21.9 Å². The highest BCUT2D eigenvalue weighted by molar-refractivity contribution is 9.10. The Morgan fingerprint density at radius 3 is 2.69 bits per heavy atom. The van der Waals surface area contributed by atoms with Crippen LogP contribution in [0.5, 0.6) is 11.5 Å². The van der Waals surface area contributed by atoms with Crippen LogP contribution in [0.4, 0.5) is 4.39 Å². The lowest BCUT2D eigenvalue weighted by atomic mass is 10.2. The molecule has 13 heavy (non-hydrogen) atoms. The van der Waals surface area contributed by atoms with Crippen LogP contribution in [-0.4, -0.2) is 17.3 Å². The summed E-state index contributed by atoms with van der Waals surface area (Å²) in [4.78, 5) is 0. The van der Waals surface area contributed by atoms with Gasteiger partial charge in [0.15, 0.2) is 11.5 Å². The van der Waals surface area contributed by atoms with Crippen LogP contribution in [0.15, 0.2) is 10.5 Å². The van der Waals surface area contributed by atoms with Crippen LogP contribution in [0.25, 0.3) is 0 Å². The number of rotatable bonds is 2. The summed E-state index contributed by atoms with van der Waals surface area (Å²) in [6, 6.07) is 0.898. The van der Waals surface area contributed by atoms with Crippen LogP contribution < -0.4 is 4.74 Å². The Bertz CT molecular complexity index is 299. The van der Waals surface area contributed by atoms with Gasteiger partial charge >= 0.3 is 0 Å². The van der Waals surface area contributed by atoms with Crippen LogP contribution in [0.2, 0.25) is 0 Å². The number of aromatic hydroxyl groups is 1. The van der Waals surface area contributed by atoms with E-state index in [4.69, 9.17) is 9.84 Å². The zero-order valence-corrected chi connectivity index (χ0v) is 8.43. The first-order chi connectivity index (χ1) is 6.11. The lowest BCUT2D eigenvalue weighted by molar-refractivity contribution is 0.272. The van der Waals surface area contributed by atoms with Crippen molar-refractivity contribution in [1.82, 2.24) is 0 Å². The monoisotopic (exact) mass is 250 g/mol. The number of phenolic OH excluding ortho intramolecular Hbond substituents is 1. The summed E-state index contributed by atoms with van der Waals surface area (Å²) in [6.45, 7) is -0.455. The summed E-state index contributed by atoms with van der Waals surface area (Å²) >= 11 is 3.02. The second-order valence-corrected chi connectivity index (χ2v) is 3.15. The van der Waals surface area contributed by atoms with E-state index in [1.165, 1.54) is 7.11 Å². The predicted octanol–water partition coefficient (Wildman–Crippen LogP) is 1.79. The van der Waals surface area contributed by atoms with Gasteiger partial charge in [-0.05, 0) is 15.9 Å². The van der Waals surface area contributed by atoms with Gasteiger partial charge in [-0.25, -0.2) is 4.39 Å². The molecule has 0 spiro atoms. The molecule has 0 bridgehead atoms. The highest BCUT2D eigenvalue weighted by Gasteiger charge is 2.15. The number of hydrogen-bond donors (Lipinski definition) is 2. The van der Waals surface area contributed by atoms with Gasteiger partial charge in [0, 0.05) is 11.6 Å². The van der Waals surface area contributed by atoms with E-state index in [0.717, 1.165) is 6.07 Å². The van der Waals surface area contributed by atoms with Gasteiger partial charge in [0.1, 0.15) is 5.82 Å². The van der Waals surface area contributed by atoms with Crippen LogP contribution in [0, 0.1) is 5.82 Å². The molecule has 0 amide bonds. The average molecular weight is 251 g/mol. The second-order valence-electron chi connectivity index (χ2n) is 2.36.